The van der Waals surface area contributed by atoms with Gasteiger partial charge in [0.25, 0.3) is 0 Å². The first kappa shape index (κ1) is 17.7. The third-order valence-corrected chi connectivity index (χ3v) is 3.90. The molecule has 0 saturated carbocycles. The fourth-order valence-corrected chi connectivity index (χ4v) is 2.63. The van der Waals surface area contributed by atoms with E-state index in [2.05, 4.69) is 0 Å². The monoisotopic (exact) mass is 336 g/mol. The minimum Gasteiger partial charge on any atom is -0.488 e. The second kappa shape index (κ2) is 7.78. The van der Waals surface area contributed by atoms with Gasteiger partial charge in [0.2, 0.25) is 5.91 Å². The molecular weight excluding hydrogens is 316 g/mol. The molecule has 1 saturated heterocycles. The Hall–Kier alpha value is -2.61. The maximum atomic E-state index is 12.2. The van der Waals surface area contributed by atoms with E-state index in [9.17, 15) is 19.5 Å². The second-order valence-corrected chi connectivity index (χ2v) is 5.67. The van der Waals surface area contributed by atoms with Gasteiger partial charge in [-0.25, -0.2) is 4.79 Å². The molecule has 8 heteroatoms. The predicted molar refractivity (Wildman–Crippen MR) is 83.5 cm³/mol. The molecule has 4 N–H and O–H groups in total. The van der Waals surface area contributed by atoms with E-state index in [1.165, 1.54) is 4.90 Å². The van der Waals surface area contributed by atoms with Gasteiger partial charge in [-0.15, -0.1) is 0 Å². The number of carboxylic acid groups (broad SMARTS) is 2. The van der Waals surface area contributed by atoms with Crippen LogP contribution in [0, 0.1) is 0 Å². The van der Waals surface area contributed by atoms with E-state index in [1.54, 1.807) is 24.3 Å². The quantitative estimate of drug-likeness (QED) is 0.653. The number of aliphatic carboxylic acids is 2. The number of rotatable bonds is 7. The highest BCUT2D eigenvalue weighted by atomic mass is 16.5. The molecule has 1 heterocycles. The fourth-order valence-electron chi connectivity index (χ4n) is 2.63. The van der Waals surface area contributed by atoms with Crippen molar-refractivity contribution in [1.82, 2.24) is 4.90 Å². The molecule has 0 aliphatic carbocycles. The number of hydrogen-bond donors (Lipinski definition) is 3. The van der Waals surface area contributed by atoms with Gasteiger partial charge in [-0.2, -0.15) is 0 Å². The average molecular weight is 336 g/mol. The van der Waals surface area contributed by atoms with Crippen molar-refractivity contribution in [2.75, 3.05) is 6.54 Å². The number of hydrogen-bond acceptors (Lipinski definition) is 5. The van der Waals surface area contributed by atoms with Crippen molar-refractivity contribution >= 4 is 17.8 Å². The highest BCUT2D eigenvalue weighted by molar-refractivity contribution is 5.85. The molecule has 0 bridgehead atoms. The van der Waals surface area contributed by atoms with Crippen LogP contribution in [-0.4, -0.2) is 57.7 Å². The molecule has 0 spiro atoms. The van der Waals surface area contributed by atoms with Gasteiger partial charge in [-0.1, -0.05) is 18.2 Å². The molecule has 3 atom stereocenters. The van der Waals surface area contributed by atoms with Crippen LogP contribution in [0.3, 0.4) is 0 Å². The minimum absolute atomic E-state index is 0.0405. The molecule has 8 nitrogen and oxygen atoms in total. The average Bonchev–Trinajstić information content (AvgIpc) is 2.97. The number of ether oxygens (including phenoxy) is 1. The van der Waals surface area contributed by atoms with Crippen molar-refractivity contribution in [3.05, 3.63) is 30.3 Å². The van der Waals surface area contributed by atoms with Gasteiger partial charge >= 0.3 is 11.9 Å². The zero-order valence-electron chi connectivity index (χ0n) is 13.0. The Balaban J connectivity index is 1.98. The summed E-state index contributed by atoms with van der Waals surface area (Å²) in [5.41, 5.74) is 5.38. The van der Waals surface area contributed by atoms with Gasteiger partial charge in [0.1, 0.15) is 23.9 Å². The summed E-state index contributed by atoms with van der Waals surface area (Å²) in [4.78, 5) is 35.6. The summed E-state index contributed by atoms with van der Waals surface area (Å²) in [6.45, 7) is 0.146. The fraction of sp³-hybridized carbons (Fsp3) is 0.438. The largest absolute Gasteiger partial charge is 0.488 e. The van der Waals surface area contributed by atoms with Crippen LogP contribution < -0.4 is 10.5 Å². The van der Waals surface area contributed by atoms with E-state index >= 15 is 0 Å². The van der Waals surface area contributed by atoms with Crippen LogP contribution in [0.15, 0.2) is 30.3 Å². The molecule has 1 aromatic carbocycles. The predicted octanol–water partition coefficient (Wildman–Crippen LogP) is 0.312. The number of para-hydroxylation sites is 1. The summed E-state index contributed by atoms with van der Waals surface area (Å²) < 4.78 is 5.72. The van der Waals surface area contributed by atoms with E-state index in [1.807, 2.05) is 6.07 Å². The number of benzene rings is 1. The van der Waals surface area contributed by atoms with Crippen LogP contribution in [-0.2, 0) is 14.4 Å². The third-order valence-electron chi connectivity index (χ3n) is 3.90. The van der Waals surface area contributed by atoms with E-state index in [4.69, 9.17) is 15.6 Å². The first-order valence-corrected chi connectivity index (χ1v) is 7.61. The summed E-state index contributed by atoms with van der Waals surface area (Å²) in [6.07, 6.45) is -0.400. The Kier molecular flexibility index (Phi) is 5.75. The topological polar surface area (TPSA) is 130 Å². The molecule has 2 rings (SSSR count). The van der Waals surface area contributed by atoms with Gasteiger partial charge in [0.15, 0.2) is 0 Å². The van der Waals surface area contributed by atoms with E-state index < -0.39 is 36.0 Å². The number of nitrogens with two attached hydrogens (primary N) is 1. The lowest BCUT2D eigenvalue weighted by Gasteiger charge is -2.21. The molecular formula is C16H20N2O6. The Morgan fingerprint density at radius 1 is 1.25 bits per heavy atom. The molecule has 1 amide bonds. The first-order chi connectivity index (χ1) is 11.4. The zero-order valence-corrected chi connectivity index (χ0v) is 13.0. The number of carbonyl (C=O) groups is 3. The van der Waals surface area contributed by atoms with Gasteiger partial charge in [0.05, 0.1) is 6.54 Å². The number of likely N-dealkylation sites (tertiary alicyclic amines) is 1. The van der Waals surface area contributed by atoms with E-state index in [0.29, 0.717) is 5.75 Å². The van der Waals surface area contributed by atoms with Crippen molar-refractivity contribution < 1.29 is 29.3 Å². The lowest BCUT2D eigenvalue weighted by Crippen LogP contribution is -2.41. The van der Waals surface area contributed by atoms with Crippen LogP contribution >= 0.6 is 0 Å². The van der Waals surface area contributed by atoms with Crippen molar-refractivity contribution in [2.24, 2.45) is 5.73 Å². The van der Waals surface area contributed by atoms with Gasteiger partial charge in [0, 0.05) is 12.8 Å². The van der Waals surface area contributed by atoms with Crippen molar-refractivity contribution in [2.45, 2.75) is 37.5 Å². The third kappa shape index (κ3) is 4.45. The maximum absolute atomic E-state index is 12.2. The van der Waals surface area contributed by atoms with E-state index in [0.717, 1.165) is 0 Å². The standard InChI is InChI=1S/C16H20N2O6/c17-12(15(20)21)6-7-14(19)18-9-11(8-13(18)16(22)23)24-10-4-2-1-3-5-10/h1-5,11-13H,6-9,17H2,(H,20,21)(H,22,23). The molecule has 1 aliphatic heterocycles. The highest BCUT2D eigenvalue weighted by Gasteiger charge is 2.40. The maximum Gasteiger partial charge on any atom is 0.326 e. The Bertz CT molecular complexity index is 606. The summed E-state index contributed by atoms with van der Waals surface area (Å²) in [5.74, 6) is -2.12. The second-order valence-electron chi connectivity index (χ2n) is 5.67. The molecule has 0 aromatic heterocycles. The lowest BCUT2D eigenvalue weighted by atomic mass is 10.1. The van der Waals surface area contributed by atoms with Crippen molar-refractivity contribution in [3.8, 4) is 5.75 Å². The molecule has 130 valence electrons. The molecule has 1 aromatic rings. The minimum atomic E-state index is -1.19. The highest BCUT2D eigenvalue weighted by Crippen LogP contribution is 2.24. The van der Waals surface area contributed by atoms with Crippen molar-refractivity contribution in [1.29, 1.82) is 0 Å². The summed E-state index contributed by atoms with van der Waals surface area (Å²) in [7, 11) is 0. The summed E-state index contributed by atoms with van der Waals surface area (Å²) in [6, 6.07) is 6.83. The van der Waals surface area contributed by atoms with Crippen LogP contribution in [0.4, 0.5) is 0 Å². The van der Waals surface area contributed by atoms with Gasteiger partial charge in [-0.05, 0) is 18.6 Å². The van der Waals surface area contributed by atoms with Gasteiger partial charge < -0.3 is 25.6 Å². The molecule has 24 heavy (non-hydrogen) atoms. The molecule has 3 unspecified atom stereocenters. The molecule has 0 radical (unpaired) electrons. The number of nitrogens with zero attached hydrogens (tertiary/aromatic N) is 1. The molecule has 1 fully saturated rings. The zero-order chi connectivity index (χ0) is 17.7. The Morgan fingerprint density at radius 3 is 2.50 bits per heavy atom. The van der Waals surface area contributed by atoms with Crippen LogP contribution in [0.1, 0.15) is 19.3 Å². The summed E-state index contributed by atoms with van der Waals surface area (Å²) >= 11 is 0. The van der Waals surface area contributed by atoms with Crippen molar-refractivity contribution in [3.63, 3.8) is 0 Å². The Morgan fingerprint density at radius 2 is 1.92 bits per heavy atom. The Labute approximate surface area is 138 Å². The smallest absolute Gasteiger partial charge is 0.326 e. The molecule has 1 aliphatic rings. The number of amides is 1. The van der Waals surface area contributed by atoms with Crippen LogP contribution in [0.2, 0.25) is 0 Å². The summed E-state index contributed by atoms with van der Waals surface area (Å²) in [5, 5.41) is 18.1. The van der Waals surface area contributed by atoms with E-state index in [-0.39, 0.29) is 25.8 Å². The lowest BCUT2D eigenvalue weighted by molar-refractivity contribution is -0.148. The number of carbonyl (C=O) groups excluding carboxylic acids is 1. The van der Waals surface area contributed by atoms with Crippen LogP contribution in [0.25, 0.3) is 0 Å². The first-order valence-electron chi connectivity index (χ1n) is 7.61. The number of carboxylic acids is 2. The van der Waals surface area contributed by atoms with Crippen LogP contribution in [0.5, 0.6) is 5.75 Å². The normalized spacial score (nSPS) is 21.3. The van der Waals surface area contributed by atoms with Gasteiger partial charge in [-0.3, -0.25) is 9.59 Å². The SMILES string of the molecule is NC(CCC(=O)N1CC(Oc2ccccc2)CC1C(=O)O)C(=O)O.